The van der Waals surface area contributed by atoms with Crippen LogP contribution in [0.25, 0.3) is 23.2 Å². The summed E-state index contributed by atoms with van der Waals surface area (Å²) in [6, 6.07) is 0.636. The molecule has 4 aromatic heterocycles. The lowest BCUT2D eigenvalue weighted by Gasteiger charge is -2.37. The molecule has 10 heteroatoms. The molecular formula is C19H18N10. The second-order valence-electron chi connectivity index (χ2n) is 7.21. The van der Waals surface area contributed by atoms with E-state index in [0.29, 0.717) is 23.5 Å². The van der Waals surface area contributed by atoms with Gasteiger partial charge in [0.05, 0.1) is 18.4 Å². The topological polar surface area (TPSA) is 103 Å². The fraction of sp³-hybridized carbons (Fsp3) is 0.316. The molecule has 29 heavy (non-hydrogen) atoms. The fourth-order valence-corrected chi connectivity index (χ4v) is 3.99. The number of nitrogens with zero attached hydrogens (tertiary/aromatic N) is 10. The molecule has 0 bridgehead atoms. The van der Waals surface area contributed by atoms with Gasteiger partial charge in [0, 0.05) is 30.8 Å². The first kappa shape index (κ1) is 16.3. The lowest BCUT2D eigenvalue weighted by Crippen LogP contribution is -2.37. The van der Waals surface area contributed by atoms with Crippen LogP contribution in [0.4, 0.5) is 5.82 Å². The first-order chi connectivity index (χ1) is 14.3. The van der Waals surface area contributed by atoms with Crippen molar-refractivity contribution in [3.63, 3.8) is 0 Å². The van der Waals surface area contributed by atoms with E-state index in [4.69, 9.17) is 4.98 Å². The Balaban J connectivity index is 1.52. The number of anilines is 1. The highest BCUT2D eigenvalue weighted by molar-refractivity contribution is 5.63. The highest BCUT2D eigenvalue weighted by atomic mass is 15.4. The van der Waals surface area contributed by atoms with Crippen LogP contribution in [-0.2, 0) is 0 Å². The lowest BCUT2D eigenvalue weighted by molar-refractivity contribution is 0.532. The van der Waals surface area contributed by atoms with E-state index in [2.05, 4.69) is 42.0 Å². The van der Waals surface area contributed by atoms with Gasteiger partial charge in [0.15, 0.2) is 17.5 Å². The van der Waals surface area contributed by atoms with Gasteiger partial charge >= 0.3 is 0 Å². The molecule has 1 aliphatic carbocycles. The molecule has 0 radical (unpaired) electrons. The maximum absolute atomic E-state index is 4.97. The van der Waals surface area contributed by atoms with Gasteiger partial charge in [0.25, 0.3) is 0 Å². The number of imidazole rings is 1. The summed E-state index contributed by atoms with van der Waals surface area (Å²) < 4.78 is 3.85. The van der Waals surface area contributed by atoms with Crippen molar-refractivity contribution in [1.82, 2.24) is 44.3 Å². The Morgan fingerprint density at radius 3 is 2.76 bits per heavy atom. The van der Waals surface area contributed by atoms with Gasteiger partial charge in [0.2, 0.25) is 5.95 Å². The standard InChI is InChI=1S/C19H18N10/c1-2-14-18-26-24-11-28(18)15-10-23-19(25-17(15)29(14)12-3-4-12)27-8-7-22-16(27)13-9-20-5-6-21-13/h5-12,14H,2-4H2,1H3. The normalized spacial score (nSPS) is 17.8. The molecular weight excluding hydrogens is 368 g/mol. The highest BCUT2D eigenvalue weighted by Gasteiger charge is 2.41. The second kappa shape index (κ2) is 6.16. The Morgan fingerprint density at radius 2 is 1.97 bits per heavy atom. The summed E-state index contributed by atoms with van der Waals surface area (Å²) in [6.45, 7) is 2.17. The lowest BCUT2D eigenvalue weighted by atomic mass is 10.1. The number of rotatable bonds is 4. The molecule has 144 valence electrons. The number of hydrogen-bond donors (Lipinski definition) is 0. The van der Waals surface area contributed by atoms with Gasteiger partial charge < -0.3 is 4.90 Å². The summed E-state index contributed by atoms with van der Waals surface area (Å²) in [5, 5.41) is 8.52. The molecule has 5 heterocycles. The van der Waals surface area contributed by atoms with Crippen LogP contribution in [0.1, 0.15) is 38.1 Å². The predicted molar refractivity (Wildman–Crippen MR) is 104 cm³/mol. The largest absolute Gasteiger partial charge is 0.341 e. The Bertz CT molecular complexity index is 1180. The molecule has 0 N–H and O–H groups in total. The smallest absolute Gasteiger partial charge is 0.237 e. The van der Waals surface area contributed by atoms with E-state index in [9.17, 15) is 0 Å². The first-order valence-electron chi connectivity index (χ1n) is 9.71. The summed E-state index contributed by atoms with van der Waals surface area (Å²) in [7, 11) is 0. The molecule has 1 fully saturated rings. The van der Waals surface area contributed by atoms with Crippen LogP contribution in [0.3, 0.4) is 0 Å². The van der Waals surface area contributed by atoms with Gasteiger partial charge in [-0.05, 0) is 19.3 Å². The van der Waals surface area contributed by atoms with E-state index in [1.807, 2.05) is 21.5 Å². The van der Waals surface area contributed by atoms with Gasteiger partial charge in [0.1, 0.15) is 17.7 Å². The Labute approximate surface area is 166 Å². The van der Waals surface area contributed by atoms with Gasteiger partial charge in [-0.3, -0.25) is 14.1 Å². The molecule has 6 rings (SSSR count). The number of aromatic nitrogens is 9. The van der Waals surface area contributed by atoms with Crippen LogP contribution in [-0.4, -0.2) is 50.3 Å². The third-order valence-corrected chi connectivity index (χ3v) is 5.42. The van der Waals surface area contributed by atoms with Crippen LogP contribution in [0.15, 0.2) is 43.5 Å². The zero-order valence-corrected chi connectivity index (χ0v) is 15.8. The van der Waals surface area contributed by atoms with E-state index < -0.39 is 0 Å². The van der Waals surface area contributed by atoms with E-state index in [1.165, 1.54) is 12.8 Å². The molecule has 0 amide bonds. The van der Waals surface area contributed by atoms with Crippen molar-refractivity contribution in [2.24, 2.45) is 0 Å². The molecule has 1 aliphatic heterocycles. The van der Waals surface area contributed by atoms with Gasteiger partial charge in [-0.25, -0.2) is 15.0 Å². The van der Waals surface area contributed by atoms with Crippen molar-refractivity contribution in [2.75, 3.05) is 4.90 Å². The molecule has 0 spiro atoms. The third-order valence-electron chi connectivity index (χ3n) is 5.42. The molecule has 0 aromatic carbocycles. The zero-order chi connectivity index (χ0) is 19.4. The maximum atomic E-state index is 4.97. The minimum Gasteiger partial charge on any atom is -0.341 e. The highest BCUT2D eigenvalue weighted by Crippen LogP contribution is 2.44. The van der Waals surface area contributed by atoms with Crippen LogP contribution in [0.5, 0.6) is 0 Å². The van der Waals surface area contributed by atoms with Crippen molar-refractivity contribution in [3.8, 4) is 23.2 Å². The van der Waals surface area contributed by atoms with Crippen LogP contribution in [0, 0.1) is 0 Å². The van der Waals surface area contributed by atoms with Crippen molar-refractivity contribution < 1.29 is 0 Å². The predicted octanol–water partition coefficient (Wildman–Crippen LogP) is 2.13. The van der Waals surface area contributed by atoms with E-state index in [-0.39, 0.29) is 6.04 Å². The molecule has 1 unspecified atom stereocenters. The monoisotopic (exact) mass is 386 g/mol. The minimum absolute atomic E-state index is 0.155. The summed E-state index contributed by atoms with van der Waals surface area (Å²) in [5.74, 6) is 3.07. The van der Waals surface area contributed by atoms with Crippen molar-refractivity contribution in [3.05, 3.63) is 49.3 Å². The Hall–Kier alpha value is -3.69. The summed E-state index contributed by atoms with van der Waals surface area (Å²) in [4.78, 5) is 24.9. The summed E-state index contributed by atoms with van der Waals surface area (Å²) >= 11 is 0. The number of hydrogen-bond acceptors (Lipinski definition) is 8. The molecule has 10 nitrogen and oxygen atoms in total. The fourth-order valence-electron chi connectivity index (χ4n) is 3.99. The SMILES string of the molecule is CCC1c2nncn2-c2cnc(-n3ccnc3-c3cnccn3)nc2N1C1CC1. The van der Waals surface area contributed by atoms with Crippen molar-refractivity contribution in [2.45, 2.75) is 38.3 Å². The van der Waals surface area contributed by atoms with E-state index in [0.717, 1.165) is 23.8 Å². The van der Waals surface area contributed by atoms with Crippen molar-refractivity contribution in [1.29, 1.82) is 0 Å². The second-order valence-corrected chi connectivity index (χ2v) is 7.21. The van der Waals surface area contributed by atoms with Crippen LogP contribution < -0.4 is 4.90 Å². The summed E-state index contributed by atoms with van der Waals surface area (Å²) in [5.41, 5.74) is 1.58. The average Bonchev–Trinajstić information content (AvgIpc) is 3.27. The molecule has 0 saturated heterocycles. The van der Waals surface area contributed by atoms with Gasteiger partial charge in [-0.1, -0.05) is 6.92 Å². The Kier molecular flexibility index (Phi) is 3.46. The third kappa shape index (κ3) is 2.45. The van der Waals surface area contributed by atoms with E-state index >= 15 is 0 Å². The summed E-state index contributed by atoms with van der Waals surface area (Å²) in [6.07, 6.45) is 15.4. The Morgan fingerprint density at radius 1 is 1.03 bits per heavy atom. The average molecular weight is 386 g/mol. The molecule has 1 saturated carbocycles. The molecule has 1 atom stereocenters. The van der Waals surface area contributed by atoms with Gasteiger partial charge in [-0.2, -0.15) is 4.98 Å². The quantitative estimate of drug-likeness (QED) is 0.525. The molecule has 2 aliphatic rings. The minimum atomic E-state index is 0.155. The van der Waals surface area contributed by atoms with Crippen molar-refractivity contribution >= 4 is 5.82 Å². The first-order valence-corrected chi connectivity index (χ1v) is 9.71. The zero-order valence-electron chi connectivity index (χ0n) is 15.8. The van der Waals surface area contributed by atoms with Gasteiger partial charge in [-0.15, -0.1) is 10.2 Å². The van der Waals surface area contributed by atoms with Crippen LogP contribution in [0.2, 0.25) is 0 Å². The van der Waals surface area contributed by atoms with Crippen LogP contribution >= 0.6 is 0 Å². The van der Waals surface area contributed by atoms with E-state index in [1.54, 1.807) is 31.1 Å². The molecule has 4 aromatic rings. The number of fused-ring (bicyclic) bond motifs is 3. The maximum Gasteiger partial charge on any atom is 0.237 e.